The molecule has 0 unspecified atom stereocenters. The van der Waals surface area contributed by atoms with Crippen molar-refractivity contribution in [1.29, 1.82) is 0 Å². The maximum Gasteiger partial charge on any atom is 0.277 e. The minimum absolute atomic E-state index is 0.0659. The lowest BCUT2D eigenvalue weighted by Crippen LogP contribution is -2.39. The molecular formula is C26H28N4O3. The van der Waals surface area contributed by atoms with Crippen molar-refractivity contribution in [3.8, 4) is 11.4 Å². The molecule has 3 aromatic rings. The topological polar surface area (TPSA) is 67.7 Å². The molecule has 0 radical (unpaired) electrons. The first-order valence-corrected chi connectivity index (χ1v) is 11.6. The van der Waals surface area contributed by atoms with Gasteiger partial charge in [-0.2, -0.15) is 5.10 Å². The first-order chi connectivity index (χ1) is 16.1. The molecule has 0 bridgehead atoms. The maximum atomic E-state index is 13.6. The van der Waals surface area contributed by atoms with Gasteiger partial charge in [0, 0.05) is 36.4 Å². The van der Waals surface area contributed by atoms with Crippen LogP contribution in [0.1, 0.15) is 47.8 Å². The second kappa shape index (κ2) is 8.73. The van der Waals surface area contributed by atoms with E-state index >= 15 is 0 Å². The molecular weight excluding hydrogens is 416 g/mol. The molecule has 33 heavy (non-hydrogen) atoms. The second-order valence-corrected chi connectivity index (χ2v) is 8.54. The molecule has 2 amide bonds. The van der Waals surface area contributed by atoms with Crippen LogP contribution in [0.3, 0.4) is 0 Å². The minimum Gasteiger partial charge on any atom is -0.494 e. The van der Waals surface area contributed by atoms with Crippen LogP contribution in [0.4, 0.5) is 11.4 Å². The van der Waals surface area contributed by atoms with E-state index in [2.05, 4.69) is 5.10 Å². The minimum atomic E-state index is -0.0659. The lowest BCUT2D eigenvalue weighted by atomic mass is 10.0. The molecule has 3 heterocycles. The number of hydrogen-bond donors (Lipinski definition) is 0. The van der Waals surface area contributed by atoms with E-state index in [0.717, 1.165) is 59.7 Å². The molecule has 0 spiro atoms. The van der Waals surface area contributed by atoms with Gasteiger partial charge in [0.1, 0.15) is 11.4 Å². The summed E-state index contributed by atoms with van der Waals surface area (Å²) in [6, 6.07) is 13.5. The molecule has 2 aromatic carbocycles. The maximum absolute atomic E-state index is 13.6. The van der Waals surface area contributed by atoms with E-state index in [-0.39, 0.29) is 11.8 Å². The predicted molar refractivity (Wildman–Crippen MR) is 127 cm³/mol. The van der Waals surface area contributed by atoms with Gasteiger partial charge in [0.15, 0.2) is 0 Å². The number of nitrogens with zero attached hydrogens (tertiary/aromatic N) is 4. The number of rotatable bonds is 5. The van der Waals surface area contributed by atoms with Gasteiger partial charge in [0.05, 0.1) is 18.5 Å². The number of ether oxygens (including phenoxy) is 1. The zero-order valence-electron chi connectivity index (χ0n) is 19.1. The molecule has 0 N–H and O–H groups in total. The van der Waals surface area contributed by atoms with E-state index in [1.165, 1.54) is 0 Å². The van der Waals surface area contributed by atoms with Crippen molar-refractivity contribution in [3.05, 3.63) is 65.5 Å². The Kier molecular flexibility index (Phi) is 5.62. The van der Waals surface area contributed by atoms with Crippen molar-refractivity contribution in [2.24, 2.45) is 0 Å². The number of carbonyl (C=O) groups is 2. The first-order valence-electron chi connectivity index (χ1n) is 11.6. The Balaban J connectivity index is 1.43. The summed E-state index contributed by atoms with van der Waals surface area (Å²) in [5.41, 5.74) is 5.16. The fourth-order valence-electron chi connectivity index (χ4n) is 4.72. The Morgan fingerprint density at radius 2 is 1.73 bits per heavy atom. The van der Waals surface area contributed by atoms with Crippen LogP contribution in [-0.2, 0) is 11.2 Å². The van der Waals surface area contributed by atoms with Gasteiger partial charge in [-0.15, -0.1) is 0 Å². The van der Waals surface area contributed by atoms with Crippen molar-refractivity contribution in [1.82, 2.24) is 9.78 Å². The Hall–Kier alpha value is -3.61. The van der Waals surface area contributed by atoms with Gasteiger partial charge in [0.2, 0.25) is 5.91 Å². The van der Waals surface area contributed by atoms with E-state index in [4.69, 9.17) is 4.74 Å². The van der Waals surface area contributed by atoms with E-state index in [1.54, 1.807) is 10.9 Å². The summed E-state index contributed by atoms with van der Waals surface area (Å²) in [4.78, 5) is 29.6. The summed E-state index contributed by atoms with van der Waals surface area (Å²) in [5.74, 6) is 0.900. The van der Waals surface area contributed by atoms with Crippen LogP contribution >= 0.6 is 0 Å². The summed E-state index contributed by atoms with van der Waals surface area (Å²) in [6.07, 6.45) is 5.11. The largest absolute Gasteiger partial charge is 0.494 e. The van der Waals surface area contributed by atoms with Crippen molar-refractivity contribution in [3.63, 3.8) is 0 Å². The Bertz CT molecular complexity index is 1200. The number of fused-ring (bicyclic) bond motifs is 1. The number of piperidine rings is 1. The van der Waals surface area contributed by atoms with E-state index in [1.807, 2.05) is 66.1 Å². The molecule has 170 valence electrons. The summed E-state index contributed by atoms with van der Waals surface area (Å²) < 4.78 is 7.24. The van der Waals surface area contributed by atoms with Crippen LogP contribution in [0, 0.1) is 6.92 Å². The predicted octanol–water partition coefficient (Wildman–Crippen LogP) is 4.30. The number of aryl methyl sites for hydroxylation is 1. The van der Waals surface area contributed by atoms with E-state index in [9.17, 15) is 9.59 Å². The molecule has 0 atom stereocenters. The number of anilines is 2. The summed E-state index contributed by atoms with van der Waals surface area (Å²) in [6.45, 7) is 5.91. The summed E-state index contributed by atoms with van der Waals surface area (Å²) in [7, 11) is 0. The average Bonchev–Trinajstić information content (AvgIpc) is 3.26. The Morgan fingerprint density at radius 3 is 2.45 bits per heavy atom. The molecule has 1 saturated heterocycles. The molecule has 1 fully saturated rings. The number of benzene rings is 2. The lowest BCUT2D eigenvalue weighted by molar-refractivity contribution is -0.119. The van der Waals surface area contributed by atoms with Gasteiger partial charge < -0.3 is 14.5 Å². The number of carbonyl (C=O) groups excluding carboxylic acids is 2. The molecule has 2 aliphatic rings. The molecule has 2 aliphatic heterocycles. The lowest BCUT2D eigenvalue weighted by Gasteiger charge is -2.31. The van der Waals surface area contributed by atoms with Crippen molar-refractivity contribution >= 4 is 23.2 Å². The second-order valence-electron chi connectivity index (χ2n) is 8.54. The molecule has 7 heteroatoms. The van der Waals surface area contributed by atoms with Crippen molar-refractivity contribution in [2.75, 3.05) is 29.5 Å². The standard InChI is InChI=1S/C26H28N4O3/c1-3-33-22-10-7-20(8-11-22)30-25-19(17-27-30)13-15-28(26(25)32)21-9-12-23(18(2)16-21)29-14-5-4-6-24(29)31/h7-12,16-17H,3-6,13-15H2,1-2H3. The zero-order chi connectivity index (χ0) is 22.9. The fourth-order valence-corrected chi connectivity index (χ4v) is 4.72. The average molecular weight is 445 g/mol. The van der Waals surface area contributed by atoms with Gasteiger partial charge in [-0.05, 0) is 81.1 Å². The van der Waals surface area contributed by atoms with Crippen molar-refractivity contribution < 1.29 is 14.3 Å². The summed E-state index contributed by atoms with van der Waals surface area (Å²) in [5, 5.41) is 4.51. The SMILES string of the molecule is CCOc1ccc(-n2ncc3c2C(=O)N(c2ccc(N4CCCCC4=O)c(C)c2)CC3)cc1. The van der Waals surface area contributed by atoms with Crippen LogP contribution < -0.4 is 14.5 Å². The van der Waals surface area contributed by atoms with Crippen LogP contribution in [0.25, 0.3) is 5.69 Å². The highest BCUT2D eigenvalue weighted by atomic mass is 16.5. The molecule has 5 rings (SSSR count). The quantitative estimate of drug-likeness (QED) is 0.589. The van der Waals surface area contributed by atoms with Crippen LogP contribution in [0.2, 0.25) is 0 Å². The summed E-state index contributed by atoms with van der Waals surface area (Å²) >= 11 is 0. The Morgan fingerprint density at radius 1 is 0.939 bits per heavy atom. The third-order valence-corrected chi connectivity index (χ3v) is 6.40. The number of aromatic nitrogens is 2. The molecule has 0 saturated carbocycles. The van der Waals surface area contributed by atoms with Gasteiger partial charge in [-0.1, -0.05) is 0 Å². The third kappa shape index (κ3) is 3.88. The fraction of sp³-hybridized carbons (Fsp3) is 0.346. The molecule has 1 aromatic heterocycles. The monoisotopic (exact) mass is 444 g/mol. The van der Waals surface area contributed by atoms with Crippen LogP contribution in [-0.4, -0.2) is 41.3 Å². The Labute approximate surface area is 193 Å². The smallest absolute Gasteiger partial charge is 0.277 e. The van der Waals surface area contributed by atoms with Gasteiger partial charge in [-0.3, -0.25) is 9.59 Å². The highest BCUT2D eigenvalue weighted by Crippen LogP contribution is 2.31. The van der Waals surface area contributed by atoms with Gasteiger partial charge >= 0.3 is 0 Å². The highest BCUT2D eigenvalue weighted by molar-refractivity contribution is 6.07. The number of amides is 2. The van der Waals surface area contributed by atoms with E-state index < -0.39 is 0 Å². The van der Waals surface area contributed by atoms with Gasteiger partial charge in [-0.25, -0.2) is 4.68 Å². The molecule has 0 aliphatic carbocycles. The zero-order valence-corrected chi connectivity index (χ0v) is 19.1. The third-order valence-electron chi connectivity index (χ3n) is 6.40. The van der Waals surface area contributed by atoms with Crippen LogP contribution in [0.15, 0.2) is 48.7 Å². The first kappa shape index (κ1) is 21.2. The normalized spacial score (nSPS) is 16.2. The van der Waals surface area contributed by atoms with Crippen molar-refractivity contribution in [2.45, 2.75) is 39.5 Å². The number of hydrogen-bond acceptors (Lipinski definition) is 4. The van der Waals surface area contributed by atoms with E-state index in [0.29, 0.717) is 25.3 Å². The van der Waals surface area contributed by atoms with Gasteiger partial charge in [0.25, 0.3) is 5.91 Å². The molecule has 7 nitrogen and oxygen atoms in total. The van der Waals surface area contributed by atoms with Crippen LogP contribution in [0.5, 0.6) is 5.75 Å². The highest BCUT2D eigenvalue weighted by Gasteiger charge is 2.31.